The van der Waals surface area contributed by atoms with Crippen LogP contribution in [0.3, 0.4) is 0 Å². The molecule has 0 radical (unpaired) electrons. The lowest BCUT2D eigenvalue weighted by Crippen LogP contribution is -2.13. The molecule has 0 saturated heterocycles. The van der Waals surface area contributed by atoms with E-state index in [1.165, 1.54) is 0 Å². The molecule has 6 nitrogen and oxygen atoms in total. The number of ether oxygens (including phenoxy) is 1. The van der Waals surface area contributed by atoms with Crippen molar-refractivity contribution in [1.82, 2.24) is 20.2 Å². The van der Waals surface area contributed by atoms with Gasteiger partial charge in [0, 0.05) is 18.0 Å². The van der Waals surface area contributed by atoms with E-state index in [2.05, 4.69) is 20.2 Å². The van der Waals surface area contributed by atoms with Gasteiger partial charge in [0.1, 0.15) is 11.6 Å². The Morgan fingerprint density at radius 1 is 1.19 bits per heavy atom. The summed E-state index contributed by atoms with van der Waals surface area (Å²) in [5.41, 5.74) is 7.99. The zero-order valence-electron chi connectivity index (χ0n) is 11.5. The zero-order valence-corrected chi connectivity index (χ0v) is 11.5. The Hall–Kier alpha value is -2.73. The number of hydrogen-bond acceptors (Lipinski definition) is 5. The monoisotopic (exact) mass is 281 g/mol. The van der Waals surface area contributed by atoms with Crippen LogP contribution in [0.15, 0.2) is 48.8 Å². The van der Waals surface area contributed by atoms with Gasteiger partial charge in [-0.15, -0.1) is 0 Å². The molecule has 0 saturated carbocycles. The van der Waals surface area contributed by atoms with Crippen LogP contribution in [-0.2, 0) is 0 Å². The smallest absolute Gasteiger partial charge is 0.182 e. The van der Waals surface area contributed by atoms with Crippen molar-refractivity contribution in [2.45, 2.75) is 6.04 Å². The number of aromatic amines is 1. The first-order valence-corrected chi connectivity index (χ1v) is 6.50. The zero-order chi connectivity index (χ0) is 14.7. The lowest BCUT2D eigenvalue weighted by Gasteiger charge is -2.09. The summed E-state index contributed by atoms with van der Waals surface area (Å²) in [7, 11) is 1.63. The molecule has 0 aliphatic heterocycles. The van der Waals surface area contributed by atoms with Crippen molar-refractivity contribution in [3.63, 3.8) is 0 Å². The van der Waals surface area contributed by atoms with Gasteiger partial charge in [0.2, 0.25) is 0 Å². The minimum absolute atomic E-state index is 0.367. The number of methoxy groups -OCH3 is 1. The fourth-order valence-electron chi connectivity index (χ4n) is 2.01. The molecule has 3 rings (SSSR count). The van der Waals surface area contributed by atoms with Crippen molar-refractivity contribution in [3.05, 3.63) is 60.2 Å². The highest BCUT2D eigenvalue weighted by molar-refractivity contribution is 5.52. The molecule has 21 heavy (non-hydrogen) atoms. The first-order chi connectivity index (χ1) is 10.3. The molecule has 0 aliphatic rings. The third kappa shape index (κ3) is 2.75. The van der Waals surface area contributed by atoms with Crippen molar-refractivity contribution < 1.29 is 4.74 Å². The number of pyridine rings is 1. The van der Waals surface area contributed by atoms with E-state index in [-0.39, 0.29) is 6.04 Å². The van der Waals surface area contributed by atoms with E-state index in [0.717, 1.165) is 16.9 Å². The average Bonchev–Trinajstić information content (AvgIpc) is 3.05. The normalized spacial score (nSPS) is 12.1. The van der Waals surface area contributed by atoms with E-state index >= 15 is 0 Å². The van der Waals surface area contributed by atoms with Crippen molar-refractivity contribution in [2.24, 2.45) is 5.73 Å². The Bertz CT molecular complexity index is 708. The second-order valence-corrected chi connectivity index (χ2v) is 4.54. The van der Waals surface area contributed by atoms with Crippen LogP contribution in [0.1, 0.15) is 17.4 Å². The van der Waals surface area contributed by atoms with E-state index < -0.39 is 0 Å². The first kappa shape index (κ1) is 13.3. The lowest BCUT2D eigenvalue weighted by molar-refractivity contribution is 0.414. The highest BCUT2D eigenvalue weighted by atomic mass is 16.5. The number of benzene rings is 1. The van der Waals surface area contributed by atoms with Crippen LogP contribution in [0, 0.1) is 0 Å². The maximum atomic E-state index is 6.21. The van der Waals surface area contributed by atoms with Gasteiger partial charge in [0.15, 0.2) is 5.82 Å². The Balaban J connectivity index is 1.85. The number of H-pyrrole nitrogens is 1. The predicted octanol–water partition coefficient (Wildman–Crippen LogP) is 1.92. The summed E-state index contributed by atoms with van der Waals surface area (Å²) >= 11 is 0. The van der Waals surface area contributed by atoms with Gasteiger partial charge in [-0.05, 0) is 29.8 Å². The van der Waals surface area contributed by atoms with Crippen LogP contribution < -0.4 is 10.5 Å². The van der Waals surface area contributed by atoms with Gasteiger partial charge in [-0.2, -0.15) is 5.10 Å². The van der Waals surface area contributed by atoms with Crippen LogP contribution in [0.25, 0.3) is 11.4 Å². The summed E-state index contributed by atoms with van der Waals surface area (Å²) in [6.07, 6.45) is 3.42. The number of rotatable bonds is 4. The number of hydrogen-bond donors (Lipinski definition) is 2. The van der Waals surface area contributed by atoms with E-state index in [9.17, 15) is 0 Å². The summed E-state index contributed by atoms with van der Waals surface area (Å²) in [4.78, 5) is 8.49. The summed E-state index contributed by atoms with van der Waals surface area (Å²) in [6.45, 7) is 0. The highest BCUT2D eigenvalue weighted by Gasteiger charge is 2.14. The molecule has 6 heteroatoms. The standard InChI is InChI=1S/C15H15N5O/c1-21-12-6-4-10(5-7-12)13(16)15-18-14(19-20-15)11-3-2-8-17-9-11/h2-9,13H,16H2,1H3,(H,18,19,20)/t13-/m1/s1. The number of nitrogens with one attached hydrogen (secondary N) is 1. The maximum Gasteiger partial charge on any atom is 0.182 e. The molecular formula is C15H15N5O. The Labute approximate surface area is 122 Å². The Kier molecular flexibility index (Phi) is 3.61. The van der Waals surface area contributed by atoms with Crippen molar-refractivity contribution >= 4 is 0 Å². The summed E-state index contributed by atoms with van der Waals surface area (Å²) in [6, 6.07) is 10.9. The van der Waals surface area contributed by atoms with Crippen LogP contribution in [-0.4, -0.2) is 27.3 Å². The number of nitrogens with zero attached hydrogens (tertiary/aromatic N) is 3. The SMILES string of the molecule is COc1ccc([C@@H](N)c2nc(-c3cccnc3)n[nH]2)cc1. The minimum Gasteiger partial charge on any atom is -0.497 e. The van der Waals surface area contributed by atoms with Gasteiger partial charge in [0.05, 0.1) is 13.2 Å². The largest absolute Gasteiger partial charge is 0.497 e. The van der Waals surface area contributed by atoms with Crippen LogP contribution in [0.5, 0.6) is 5.75 Å². The van der Waals surface area contributed by atoms with Gasteiger partial charge in [-0.3, -0.25) is 10.1 Å². The first-order valence-electron chi connectivity index (χ1n) is 6.50. The van der Waals surface area contributed by atoms with E-state index in [1.54, 1.807) is 19.5 Å². The Morgan fingerprint density at radius 3 is 2.67 bits per heavy atom. The fourth-order valence-corrected chi connectivity index (χ4v) is 2.01. The molecule has 0 spiro atoms. The quantitative estimate of drug-likeness (QED) is 0.762. The predicted molar refractivity (Wildman–Crippen MR) is 78.6 cm³/mol. The van der Waals surface area contributed by atoms with Crippen LogP contribution >= 0.6 is 0 Å². The van der Waals surface area contributed by atoms with Crippen molar-refractivity contribution in [2.75, 3.05) is 7.11 Å². The third-order valence-corrected chi connectivity index (χ3v) is 3.19. The van der Waals surface area contributed by atoms with Crippen LogP contribution in [0.4, 0.5) is 0 Å². The molecule has 3 N–H and O–H groups in total. The van der Waals surface area contributed by atoms with Gasteiger partial charge < -0.3 is 10.5 Å². The van der Waals surface area contributed by atoms with E-state index in [4.69, 9.17) is 10.5 Å². The Morgan fingerprint density at radius 2 is 2.00 bits per heavy atom. The molecule has 0 unspecified atom stereocenters. The molecule has 1 aromatic carbocycles. The van der Waals surface area contributed by atoms with Gasteiger partial charge in [0.25, 0.3) is 0 Å². The molecule has 0 amide bonds. The number of nitrogens with two attached hydrogens (primary N) is 1. The molecular weight excluding hydrogens is 266 g/mol. The highest BCUT2D eigenvalue weighted by Crippen LogP contribution is 2.21. The minimum atomic E-state index is -0.367. The topological polar surface area (TPSA) is 89.7 Å². The molecule has 3 aromatic rings. The third-order valence-electron chi connectivity index (χ3n) is 3.19. The average molecular weight is 281 g/mol. The molecule has 0 aliphatic carbocycles. The van der Waals surface area contributed by atoms with Crippen molar-refractivity contribution in [3.8, 4) is 17.1 Å². The molecule has 2 aromatic heterocycles. The van der Waals surface area contributed by atoms with Gasteiger partial charge in [-0.25, -0.2) is 4.98 Å². The fraction of sp³-hybridized carbons (Fsp3) is 0.133. The molecule has 106 valence electrons. The summed E-state index contributed by atoms with van der Waals surface area (Å²) < 4.78 is 5.13. The second kappa shape index (κ2) is 5.72. The van der Waals surface area contributed by atoms with E-state index in [0.29, 0.717) is 11.6 Å². The molecule has 1 atom stereocenters. The van der Waals surface area contributed by atoms with Crippen molar-refractivity contribution in [1.29, 1.82) is 0 Å². The van der Waals surface area contributed by atoms with Gasteiger partial charge >= 0.3 is 0 Å². The van der Waals surface area contributed by atoms with Gasteiger partial charge in [-0.1, -0.05) is 12.1 Å². The number of aromatic nitrogens is 4. The van der Waals surface area contributed by atoms with E-state index in [1.807, 2.05) is 36.4 Å². The molecule has 2 heterocycles. The molecule has 0 bridgehead atoms. The maximum absolute atomic E-state index is 6.21. The summed E-state index contributed by atoms with van der Waals surface area (Å²) in [5, 5.41) is 7.07. The summed E-state index contributed by atoms with van der Waals surface area (Å²) in [5.74, 6) is 1.99. The second-order valence-electron chi connectivity index (χ2n) is 4.54. The lowest BCUT2D eigenvalue weighted by atomic mass is 10.1. The van der Waals surface area contributed by atoms with Crippen LogP contribution in [0.2, 0.25) is 0 Å². The molecule has 0 fully saturated rings.